The molecule has 1 aromatic rings. The van der Waals surface area contributed by atoms with Gasteiger partial charge in [-0.05, 0) is 101 Å². The lowest BCUT2D eigenvalue weighted by atomic mass is 9.45. The van der Waals surface area contributed by atoms with Gasteiger partial charge >= 0.3 is 11.6 Å². The van der Waals surface area contributed by atoms with Crippen molar-refractivity contribution in [3.05, 3.63) is 63.8 Å². The second-order valence-electron chi connectivity index (χ2n) is 14.3. The summed E-state index contributed by atoms with van der Waals surface area (Å²) in [5.74, 6) is 1.00. The molecule has 1 aromatic heterocycles. The van der Waals surface area contributed by atoms with Crippen LogP contribution in [0.3, 0.4) is 0 Å². The number of aryl methyl sites for hydroxylation is 1. The Balaban J connectivity index is 1.57. The minimum atomic E-state index is -0.617. The SMILES string of the molecule is C=C1CC[C@H]2[C@](C)(CC[C@@H]3OC(C)(C)[C@@H](OC(=O)/C=C/C=C/[C@@H](C)CC)CC[C@]23C)[C@@H]1Cc1c(O)c(C)c(C)oc1=O. The van der Waals surface area contributed by atoms with Crippen molar-refractivity contribution in [2.24, 2.45) is 28.6 Å². The number of fused-ring (bicyclic) bond motifs is 3. The van der Waals surface area contributed by atoms with Gasteiger partial charge in [0.2, 0.25) is 0 Å². The van der Waals surface area contributed by atoms with Crippen LogP contribution < -0.4 is 5.63 Å². The van der Waals surface area contributed by atoms with Crippen molar-refractivity contribution in [2.75, 3.05) is 0 Å². The fraction of sp³-hybridized carbons (Fsp3) is 0.667. The molecule has 0 spiro atoms. The van der Waals surface area contributed by atoms with Crippen molar-refractivity contribution in [1.82, 2.24) is 0 Å². The summed E-state index contributed by atoms with van der Waals surface area (Å²) in [4.78, 5) is 25.7. The first-order valence-electron chi connectivity index (χ1n) is 15.9. The van der Waals surface area contributed by atoms with Gasteiger partial charge in [-0.2, -0.15) is 0 Å². The normalized spacial score (nSPS) is 33.7. The van der Waals surface area contributed by atoms with E-state index in [1.807, 2.05) is 19.9 Å². The minimum Gasteiger partial charge on any atom is -0.507 e. The zero-order chi connectivity index (χ0) is 31.0. The van der Waals surface area contributed by atoms with Crippen LogP contribution in [-0.2, 0) is 20.7 Å². The summed E-state index contributed by atoms with van der Waals surface area (Å²) in [7, 11) is 0. The molecule has 2 heterocycles. The van der Waals surface area contributed by atoms with Crippen molar-refractivity contribution in [3.63, 3.8) is 0 Å². The molecule has 7 atom stereocenters. The first-order chi connectivity index (χ1) is 19.6. The Morgan fingerprint density at radius 3 is 2.50 bits per heavy atom. The van der Waals surface area contributed by atoms with Crippen molar-refractivity contribution >= 4 is 5.97 Å². The molecular formula is C36H52O6. The van der Waals surface area contributed by atoms with E-state index >= 15 is 0 Å². The third kappa shape index (κ3) is 6.06. The lowest BCUT2D eigenvalue weighted by molar-refractivity contribution is -0.204. The Bertz CT molecular complexity index is 1300. The van der Waals surface area contributed by atoms with Crippen LogP contribution in [0.4, 0.5) is 0 Å². The molecule has 3 fully saturated rings. The van der Waals surface area contributed by atoms with Gasteiger partial charge in [0, 0.05) is 11.6 Å². The van der Waals surface area contributed by atoms with Gasteiger partial charge in [-0.25, -0.2) is 9.59 Å². The maximum atomic E-state index is 12.9. The summed E-state index contributed by atoms with van der Waals surface area (Å²) in [5, 5.41) is 10.9. The van der Waals surface area contributed by atoms with Crippen LogP contribution in [0, 0.1) is 42.4 Å². The average molecular weight is 581 g/mol. The van der Waals surface area contributed by atoms with Gasteiger partial charge in [-0.15, -0.1) is 0 Å². The van der Waals surface area contributed by atoms with E-state index in [-0.39, 0.29) is 40.7 Å². The molecule has 0 amide bonds. The third-order valence-electron chi connectivity index (χ3n) is 11.2. The lowest BCUT2D eigenvalue weighted by Crippen LogP contribution is -2.57. The molecule has 6 heteroatoms. The number of hydrogen-bond donors (Lipinski definition) is 1. The van der Waals surface area contributed by atoms with Gasteiger partial charge in [0.05, 0.1) is 17.3 Å². The highest BCUT2D eigenvalue weighted by Gasteiger charge is 2.60. The van der Waals surface area contributed by atoms with Crippen molar-refractivity contribution in [3.8, 4) is 5.75 Å². The molecule has 4 rings (SSSR count). The molecule has 6 nitrogen and oxygen atoms in total. The Kier molecular flexibility index (Phi) is 9.37. The summed E-state index contributed by atoms with van der Waals surface area (Å²) in [5.41, 5.74) is 0.794. The number of carbonyl (C=O) groups is 1. The van der Waals surface area contributed by atoms with Crippen LogP contribution in [0.15, 0.2) is 45.7 Å². The number of ether oxygens (including phenoxy) is 2. The molecule has 0 bridgehead atoms. The van der Waals surface area contributed by atoms with E-state index in [0.29, 0.717) is 35.1 Å². The number of carbonyl (C=O) groups excluding carboxylic acids is 1. The summed E-state index contributed by atoms with van der Waals surface area (Å²) in [6.45, 7) is 21.0. The Morgan fingerprint density at radius 2 is 1.81 bits per heavy atom. The first-order valence-corrected chi connectivity index (χ1v) is 15.9. The van der Waals surface area contributed by atoms with Gasteiger partial charge < -0.3 is 19.0 Å². The van der Waals surface area contributed by atoms with Crippen molar-refractivity contribution < 1.29 is 23.8 Å². The molecule has 1 saturated heterocycles. The number of allylic oxidation sites excluding steroid dienone is 4. The highest BCUT2D eigenvalue weighted by molar-refractivity contribution is 5.82. The highest BCUT2D eigenvalue weighted by atomic mass is 16.6. The zero-order valence-electron chi connectivity index (χ0n) is 27.0. The molecule has 2 saturated carbocycles. The summed E-state index contributed by atoms with van der Waals surface area (Å²) in [6, 6.07) is 0. The quantitative estimate of drug-likeness (QED) is 0.153. The molecule has 232 valence electrons. The van der Waals surface area contributed by atoms with Crippen LogP contribution >= 0.6 is 0 Å². The van der Waals surface area contributed by atoms with Gasteiger partial charge in [0.1, 0.15) is 17.6 Å². The molecule has 1 aliphatic heterocycles. The van der Waals surface area contributed by atoms with Gasteiger partial charge in [0.15, 0.2) is 0 Å². The molecule has 3 aliphatic rings. The Hall–Kier alpha value is -2.60. The summed E-state index contributed by atoms with van der Waals surface area (Å²) >= 11 is 0. The van der Waals surface area contributed by atoms with Crippen LogP contribution in [0.1, 0.15) is 103 Å². The number of aromatic hydroxyl groups is 1. The minimum absolute atomic E-state index is 0.0374. The molecule has 0 radical (unpaired) electrons. The summed E-state index contributed by atoms with van der Waals surface area (Å²) in [6.07, 6.45) is 13.7. The van der Waals surface area contributed by atoms with E-state index in [0.717, 1.165) is 50.5 Å². The molecule has 0 aromatic carbocycles. The average Bonchev–Trinajstić information content (AvgIpc) is 3.02. The van der Waals surface area contributed by atoms with E-state index in [9.17, 15) is 14.7 Å². The van der Waals surface area contributed by atoms with E-state index in [4.69, 9.17) is 13.9 Å². The standard InChI is InChI=1S/C36H52O6/c1-10-22(2)13-11-12-14-31(37)41-29-17-20-36(9)28-16-15-23(3)27(21-26-32(38)24(4)25(5)40-33(26)39)35(28,8)19-18-30(36)42-34(29,6)7/h11-14,22,27-30,38H,3,10,15-21H2,1-2,4-9H3/b13-11+,14-12+/t22-,27+,28-,29-,30-,35+,36+/m0/s1. The summed E-state index contributed by atoms with van der Waals surface area (Å²) < 4.78 is 18.4. The van der Waals surface area contributed by atoms with E-state index < -0.39 is 11.2 Å². The predicted molar refractivity (Wildman–Crippen MR) is 166 cm³/mol. The Morgan fingerprint density at radius 1 is 1.12 bits per heavy atom. The van der Waals surface area contributed by atoms with E-state index in [1.165, 1.54) is 6.08 Å². The predicted octanol–water partition coefficient (Wildman–Crippen LogP) is 7.92. The zero-order valence-corrected chi connectivity index (χ0v) is 27.0. The van der Waals surface area contributed by atoms with Crippen molar-refractivity contribution in [1.29, 1.82) is 0 Å². The first kappa shape index (κ1) is 32.3. The Labute approximate surface area is 252 Å². The van der Waals surface area contributed by atoms with E-state index in [1.54, 1.807) is 19.9 Å². The fourth-order valence-electron chi connectivity index (χ4n) is 8.16. The van der Waals surface area contributed by atoms with Crippen LogP contribution in [-0.4, -0.2) is 28.9 Å². The van der Waals surface area contributed by atoms with Crippen LogP contribution in [0.2, 0.25) is 0 Å². The molecular weight excluding hydrogens is 528 g/mol. The van der Waals surface area contributed by atoms with Gasteiger partial charge in [0.25, 0.3) is 0 Å². The lowest BCUT2D eigenvalue weighted by Gasteiger charge is -2.61. The largest absolute Gasteiger partial charge is 0.507 e. The third-order valence-corrected chi connectivity index (χ3v) is 11.2. The molecule has 0 unspecified atom stereocenters. The molecule has 1 N–H and O–H groups in total. The topological polar surface area (TPSA) is 86.0 Å². The van der Waals surface area contributed by atoms with Gasteiger partial charge in [-0.1, -0.05) is 64.5 Å². The molecule has 2 aliphatic carbocycles. The van der Waals surface area contributed by atoms with Crippen LogP contribution in [0.5, 0.6) is 5.75 Å². The van der Waals surface area contributed by atoms with E-state index in [2.05, 4.69) is 40.3 Å². The van der Waals surface area contributed by atoms with Crippen molar-refractivity contribution in [2.45, 2.75) is 125 Å². The maximum Gasteiger partial charge on any atom is 0.342 e. The number of hydrogen-bond acceptors (Lipinski definition) is 6. The second-order valence-corrected chi connectivity index (χ2v) is 14.3. The molecule has 42 heavy (non-hydrogen) atoms. The monoisotopic (exact) mass is 580 g/mol. The number of esters is 1. The maximum absolute atomic E-state index is 12.9. The smallest absolute Gasteiger partial charge is 0.342 e. The fourth-order valence-corrected chi connectivity index (χ4v) is 8.16. The highest BCUT2D eigenvalue weighted by Crippen LogP contribution is 2.64. The number of rotatable bonds is 7. The second kappa shape index (κ2) is 12.2. The van der Waals surface area contributed by atoms with Gasteiger partial charge in [-0.3, -0.25) is 0 Å². The van der Waals surface area contributed by atoms with Crippen LogP contribution in [0.25, 0.3) is 0 Å².